The maximum Gasteiger partial charge on any atom is 0.306 e. The number of hydrogen-bond donors (Lipinski definition) is 2. The standard InChI is InChI=1S/C30H33NO3/c1-20-16-21(10-12-27(20)22-6-3-2-4-7-22)14-15-34-26-11-13-28-23(19-26)8-5-9-29(28)31-25-17-24(18-25)30(32)33/h2-4,6-7,10-13,16,19,24-25,29,31H,5,8-9,14-15,17-18H2,1H3,(H,32,33)/t24-,25-,29?. The molecule has 1 saturated carbocycles. The Kier molecular flexibility index (Phi) is 6.68. The van der Waals surface area contributed by atoms with Crippen molar-refractivity contribution >= 4 is 5.97 Å². The first-order valence-corrected chi connectivity index (χ1v) is 12.5. The van der Waals surface area contributed by atoms with E-state index in [1.54, 1.807) is 0 Å². The van der Waals surface area contributed by atoms with Crippen LogP contribution in [0.5, 0.6) is 5.75 Å². The average Bonchev–Trinajstić information content (AvgIpc) is 2.81. The maximum atomic E-state index is 11.1. The molecule has 0 heterocycles. The van der Waals surface area contributed by atoms with Gasteiger partial charge < -0.3 is 15.2 Å². The molecular formula is C30H33NO3. The number of hydrogen-bond acceptors (Lipinski definition) is 3. The minimum atomic E-state index is -0.661. The first kappa shape index (κ1) is 22.7. The van der Waals surface area contributed by atoms with Gasteiger partial charge in [0.15, 0.2) is 0 Å². The van der Waals surface area contributed by atoms with Gasteiger partial charge in [0.05, 0.1) is 12.5 Å². The molecule has 0 amide bonds. The lowest BCUT2D eigenvalue weighted by molar-refractivity contribution is -0.145. The molecule has 4 heteroatoms. The van der Waals surface area contributed by atoms with Crippen molar-refractivity contribution in [1.29, 1.82) is 0 Å². The SMILES string of the molecule is Cc1cc(CCOc2ccc3c(c2)CCCC3N[C@H]2C[C@H](C(=O)O)C2)ccc1-c1ccccc1. The first-order chi connectivity index (χ1) is 16.6. The van der Waals surface area contributed by atoms with E-state index in [0.29, 0.717) is 18.7 Å². The number of fused-ring (bicyclic) bond motifs is 1. The summed E-state index contributed by atoms with van der Waals surface area (Å²) in [6, 6.07) is 24.3. The maximum absolute atomic E-state index is 11.1. The summed E-state index contributed by atoms with van der Waals surface area (Å²) < 4.78 is 6.13. The van der Waals surface area contributed by atoms with Gasteiger partial charge in [-0.1, -0.05) is 54.6 Å². The fourth-order valence-electron chi connectivity index (χ4n) is 5.40. The Hall–Kier alpha value is -3.11. The lowest BCUT2D eigenvalue weighted by Crippen LogP contribution is -2.46. The van der Waals surface area contributed by atoms with Gasteiger partial charge in [-0.2, -0.15) is 0 Å². The molecule has 0 bridgehead atoms. The van der Waals surface area contributed by atoms with Crippen molar-refractivity contribution in [3.05, 3.63) is 89.0 Å². The van der Waals surface area contributed by atoms with Gasteiger partial charge in [-0.15, -0.1) is 0 Å². The van der Waals surface area contributed by atoms with Crippen molar-refractivity contribution < 1.29 is 14.6 Å². The number of ether oxygens (including phenoxy) is 1. The molecule has 0 radical (unpaired) electrons. The van der Waals surface area contributed by atoms with E-state index in [0.717, 1.165) is 44.3 Å². The molecule has 3 aromatic rings. The molecule has 0 spiro atoms. The van der Waals surface area contributed by atoms with Crippen LogP contribution in [0.25, 0.3) is 11.1 Å². The molecule has 0 aromatic heterocycles. The summed E-state index contributed by atoms with van der Waals surface area (Å²) in [6.45, 7) is 2.83. The van der Waals surface area contributed by atoms with E-state index in [-0.39, 0.29) is 5.92 Å². The monoisotopic (exact) mass is 455 g/mol. The molecule has 1 atom stereocenters. The third-order valence-corrected chi connectivity index (χ3v) is 7.39. The van der Waals surface area contributed by atoms with Crippen LogP contribution in [-0.2, 0) is 17.6 Å². The lowest BCUT2D eigenvalue weighted by Gasteiger charge is -2.38. The van der Waals surface area contributed by atoms with Gasteiger partial charge in [-0.25, -0.2) is 0 Å². The number of carboxylic acids is 1. The molecule has 5 rings (SSSR count). The van der Waals surface area contributed by atoms with Crippen LogP contribution in [0.4, 0.5) is 0 Å². The van der Waals surface area contributed by atoms with Crippen LogP contribution in [0.2, 0.25) is 0 Å². The van der Waals surface area contributed by atoms with E-state index in [2.05, 4.69) is 72.9 Å². The molecule has 34 heavy (non-hydrogen) atoms. The fraction of sp³-hybridized carbons (Fsp3) is 0.367. The summed E-state index contributed by atoms with van der Waals surface area (Å²) in [5.41, 5.74) is 7.83. The molecule has 2 aliphatic rings. The van der Waals surface area contributed by atoms with Crippen LogP contribution in [-0.4, -0.2) is 23.7 Å². The highest BCUT2D eigenvalue weighted by molar-refractivity contribution is 5.71. The highest BCUT2D eigenvalue weighted by Gasteiger charge is 2.36. The van der Waals surface area contributed by atoms with Crippen molar-refractivity contribution in [2.24, 2.45) is 5.92 Å². The number of carboxylic acid groups (broad SMARTS) is 1. The Bertz CT molecular complexity index is 1150. The van der Waals surface area contributed by atoms with Crippen LogP contribution >= 0.6 is 0 Å². The first-order valence-electron chi connectivity index (χ1n) is 12.5. The van der Waals surface area contributed by atoms with Gasteiger partial charge in [-0.05, 0) is 84.5 Å². The van der Waals surface area contributed by atoms with Crippen molar-refractivity contribution in [3.63, 3.8) is 0 Å². The van der Waals surface area contributed by atoms with Crippen molar-refractivity contribution in [2.75, 3.05) is 6.61 Å². The normalized spacial score (nSPS) is 21.4. The number of nitrogens with one attached hydrogen (secondary N) is 1. The van der Waals surface area contributed by atoms with E-state index in [4.69, 9.17) is 9.84 Å². The Labute approximate surface area is 202 Å². The highest BCUT2D eigenvalue weighted by Crippen LogP contribution is 2.36. The molecule has 0 saturated heterocycles. The zero-order chi connectivity index (χ0) is 23.5. The van der Waals surface area contributed by atoms with Crippen molar-refractivity contribution in [1.82, 2.24) is 5.32 Å². The second-order valence-electron chi connectivity index (χ2n) is 9.79. The number of carbonyl (C=O) groups is 1. The molecule has 3 aromatic carbocycles. The van der Waals surface area contributed by atoms with E-state index in [1.807, 2.05) is 6.07 Å². The highest BCUT2D eigenvalue weighted by atomic mass is 16.5. The molecule has 1 unspecified atom stereocenters. The summed E-state index contributed by atoms with van der Waals surface area (Å²) in [5.74, 6) is 0.104. The van der Waals surface area contributed by atoms with Crippen LogP contribution in [0, 0.1) is 12.8 Å². The van der Waals surface area contributed by atoms with Crippen LogP contribution in [0.1, 0.15) is 54.0 Å². The summed E-state index contributed by atoms with van der Waals surface area (Å²) >= 11 is 0. The minimum Gasteiger partial charge on any atom is -0.493 e. The van der Waals surface area contributed by atoms with E-state index >= 15 is 0 Å². The Morgan fingerprint density at radius 3 is 2.65 bits per heavy atom. The van der Waals surface area contributed by atoms with Crippen LogP contribution in [0.3, 0.4) is 0 Å². The quantitative estimate of drug-likeness (QED) is 0.430. The Morgan fingerprint density at radius 1 is 1.06 bits per heavy atom. The summed E-state index contributed by atoms with van der Waals surface area (Å²) in [7, 11) is 0. The number of benzene rings is 3. The number of rotatable bonds is 8. The third-order valence-electron chi connectivity index (χ3n) is 7.39. The van der Waals surface area contributed by atoms with E-state index < -0.39 is 5.97 Å². The smallest absolute Gasteiger partial charge is 0.306 e. The van der Waals surface area contributed by atoms with Gasteiger partial charge in [0.1, 0.15) is 5.75 Å². The average molecular weight is 456 g/mol. The summed E-state index contributed by atoms with van der Waals surface area (Å²) in [5, 5.41) is 12.8. The molecular weight excluding hydrogens is 422 g/mol. The van der Waals surface area contributed by atoms with Crippen LogP contribution in [0.15, 0.2) is 66.7 Å². The van der Waals surface area contributed by atoms with Gasteiger partial charge in [0, 0.05) is 18.5 Å². The Balaban J connectivity index is 1.16. The minimum absolute atomic E-state index is 0.172. The molecule has 2 aliphatic carbocycles. The summed E-state index contributed by atoms with van der Waals surface area (Å²) in [6.07, 6.45) is 5.70. The fourth-order valence-corrected chi connectivity index (χ4v) is 5.40. The zero-order valence-corrected chi connectivity index (χ0v) is 19.8. The molecule has 1 fully saturated rings. The van der Waals surface area contributed by atoms with E-state index in [9.17, 15) is 4.79 Å². The molecule has 176 valence electrons. The third kappa shape index (κ3) is 5.02. The zero-order valence-electron chi connectivity index (χ0n) is 19.8. The van der Waals surface area contributed by atoms with Gasteiger partial charge in [0.25, 0.3) is 0 Å². The molecule has 4 nitrogen and oxygen atoms in total. The van der Waals surface area contributed by atoms with Crippen molar-refractivity contribution in [3.8, 4) is 16.9 Å². The largest absolute Gasteiger partial charge is 0.493 e. The second kappa shape index (κ2) is 10.0. The predicted molar refractivity (Wildman–Crippen MR) is 135 cm³/mol. The van der Waals surface area contributed by atoms with Gasteiger partial charge in [-0.3, -0.25) is 4.79 Å². The predicted octanol–water partition coefficient (Wildman–Crippen LogP) is 6.11. The van der Waals surface area contributed by atoms with Gasteiger partial charge in [0.2, 0.25) is 0 Å². The van der Waals surface area contributed by atoms with Crippen LogP contribution < -0.4 is 10.1 Å². The number of aliphatic carboxylic acids is 1. The van der Waals surface area contributed by atoms with Gasteiger partial charge >= 0.3 is 5.97 Å². The molecule has 2 N–H and O–H groups in total. The second-order valence-corrected chi connectivity index (χ2v) is 9.79. The topological polar surface area (TPSA) is 58.6 Å². The molecule has 0 aliphatic heterocycles. The number of aryl methyl sites for hydroxylation is 2. The lowest BCUT2D eigenvalue weighted by atomic mass is 9.78. The van der Waals surface area contributed by atoms with Crippen molar-refractivity contribution in [2.45, 2.75) is 57.5 Å². The van der Waals surface area contributed by atoms with E-state index in [1.165, 1.54) is 33.4 Å². The summed E-state index contributed by atoms with van der Waals surface area (Å²) in [4.78, 5) is 11.1. The Morgan fingerprint density at radius 2 is 1.88 bits per heavy atom.